The zero-order valence-corrected chi connectivity index (χ0v) is 14.5. The van der Waals surface area contributed by atoms with Crippen molar-refractivity contribution in [3.63, 3.8) is 0 Å². The third kappa shape index (κ3) is 2.86. The van der Waals surface area contributed by atoms with E-state index in [4.69, 9.17) is 4.74 Å². The average Bonchev–Trinajstić information content (AvgIpc) is 3.09. The minimum Gasteiger partial charge on any atom is -0.457 e. The van der Waals surface area contributed by atoms with Crippen molar-refractivity contribution in [1.82, 2.24) is 14.8 Å². The lowest BCUT2D eigenvalue weighted by molar-refractivity contribution is -0.114. The molecule has 0 saturated heterocycles. The Morgan fingerprint density at radius 3 is 2.65 bits per heavy atom. The van der Waals surface area contributed by atoms with Crippen LogP contribution in [0.5, 0.6) is 11.5 Å². The van der Waals surface area contributed by atoms with Gasteiger partial charge in [0.2, 0.25) is 5.95 Å². The van der Waals surface area contributed by atoms with E-state index in [2.05, 4.69) is 15.4 Å². The third-order valence-electron chi connectivity index (χ3n) is 4.33. The summed E-state index contributed by atoms with van der Waals surface area (Å²) in [6.07, 6.45) is 1.48. The molecule has 0 radical (unpaired) electrons. The number of allylic oxidation sites excluding steroid dienone is 2. The van der Waals surface area contributed by atoms with Crippen LogP contribution in [0, 0.1) is 0 Å². The van der Waals surface area contributed by atoms with E-state index in [-0.39, 0.29) is 11.8 Å². The monoisotopic (exact) mass is 346 g/mol. The van der Waals surface area contributed by atoms with Gasteiger partial charge in [-0.05, 0) is 43.7 Å². The molecule has 6 nitrogen and oxygen atoms in total. The van der Waals surface area contributed by atoms with Crippen LogP contribution in [0.2, 0.25) is 0 Å². The molecule has 26 heavy (non-hydrogen) atoms. The highest BCUT2D eigenvalue weighted by Gasteiger charge is 2.31. The van der Waals surface area contributed by atoms with E-state index in [1.807, 2.05) is 61.5 Å². The van der Waals surface area contributed by atoms with Gasteiger partial charge in [-0.25, -0.2) is 4.68 Å². The van der Waals surface area contributed by atoms with Crippen LogP contribution in [0.25, 0.3) is 0 Å². The van der Waals surface area contributed by atoms with Crippen molar-refractivity contribution < 1.29 is 9.53 Å². The molecule has 0 amide bonds. The van der Waals surface area contributed by atoms with Crippen LogP contribution in [0.1, 0.15) is 25.5 Å². The van der Waals surface area contributed by atoms with Crippen molar-refractivity contribution in [1.29, 1.82) is 0 Å². The van der Waals surface area contributed by atoms with Crippen LogP contribution in [-0.4, -0.2) is 20.5 Å². The van der Waals surface area contributed by atoms with Gasteiger partial charge in [-0.15, -0.1) is 0 Å². The van der Waals surface area contributed by atoms with Crippen molar-refractivity contribution in [3.8, 4) is 11.5 Å². The minimum atomic E-state index is -0.342. The second kappa shape index (κ2) is 6.48. The van der Waals surface area contributed by atoms with Gasteiger partial charge in [0.25, 0.3) is 0 Å². The fraction of sp³-hybridized carbons (Fsp3) is 0.150. The Kier molecular flexibility index (Phi) is 4.01. The topological polar surface area (TPSA) is 69.0 Å². The molecule has 1 aliphatic heterocycles. The minimum absolute atomic E-state index is 0.00414. The quantitative estimate of drug-likeness (QED) is 0.775. The Morgan fingerprint density at radius 1 is 1.12 bits per heavy atom. The molecule has 0 saturated carbocycles. The van der Waals surface area contributed by atoms with Gasteiger partial charge in [0.15, 0.2) is 5.78 Å². The van der Waals surface area contributed by atoms with E-state index in [1.54, 1.807) is 11.6 Å². The van der Waals surface area contributed by atoms with Crippen LogP contribution in [0.3, 0.4) is 0 Å². The number of hydrogen-bond donors (Lipinski definition) is 1. The summed E-state index contributed by atoms with van der Waals surface area (Å²) < 4.78 is 7.67. The molecular formula is C20H18N4O2. The predicted molar refractivity (Wildman–Crippen MR) is 98.1 cm³/mol. The molecule has 130 valence electrons. The number of Topliss-reactive ketones (excluding diaryl/α,β-unsaturated/α-hetero) is 1. The Labute approximate surface area is 151 Å². The molecule has 4 rings (SSSR count). The van der Waals surface area contributed by atoms with Gasteiger partial charge in [-0.2, -0.15) is 10.1 Å². The zero-order chi connectivity index (χ0) is 18.1. The van der Waals surface area contributed by atoms with E-state index >= 15 is 0 Å². The number of hydrogen-bond acceptors (Lipinski definition) is 5. The number of carbonyl (C=O) groups excluding carboxylic acids is 1. The number of anilines is 1. The van der Waals surface area contributed by atoms with Crippen LogP contribution in [-0.2, 0) is 4.79 Å². The van der Waals surface area contributed by atoms with E-state index in [0.717, 1.165) is 17.0 Å². The molecule has 2 aromatic carbocycles. The number of ether oxygens (including phenoxy) is 1. The van der Waals surface area contributed by atoms with Crippen molar-refractivity contribution in [2.45, 2.75) is 19.9 Å². The molecule has 0 aliphatic carbocycles. The molecule has 3 aromatic rings. The standard InChI is InChI=1S/C20H18N4O2/c1-13-18(14(2)25)19(24-20(23-13)21-12-22-24)15-7-6-10-17(11-15)26-16-8-4-3-5-9-16/h3-12,19H,1-2H3,(H,21,22,23)/t19-/m1/s1. The maximum Gasteiger partial charge on any atom is 0.226 e. The molecule has 0 spiro atoms. The molecule has 1 atom stereocenters. The largest absolute Gasteiger partial charge is 0.457 e. The highest BCUT2D eigenvalue weighted by molar-refractivity contribution is 5.96. The maximum absolute atomic E-state index is 12.3. The fourth-order valence-electron chi connectivity index (χ4n) is 3.23. The molecule has 2 heterocycles. The first-order valence-corrected chi connectivity index (χ1v) is 8.34. The van der Waals surface area contributed by atoms with Crippen LogP contribution in [0.15, 0.2) is 72.2 Å². The summed E-state index contributed by atoms with van der Waals surface area (Å²) in [7, 11) is 0. The summed E-state index contributed by atoms with van der Waals surface area (Å²) in [6, 6.07) is 17.0. The second-order valence-corrected chi connectivity index (χ2v) is 6.14. The number of rotatable bonds is 4. The number of ketones is 1. The Hall–Kier alpha value is -3.41. The summed E-state index contributed by atoms with van der Waals surface area (Å²) in [6.45, 7) is 3.45. The third-order valence-corrected chi connectivity index (χ3v) is 4.33. The van der Waals surface area contributed by atoms with Gasteiger partial charge in [0, 0.05) is 11.3 Å². The maximum atomic E-state index is 12.3. The lowest BCUT2D eigenvalue weighted by atomic mass is 9.93. The van der Waals surface area contributed by atoms with Crippen LogP contribution in [0.4, 0.5) is 5.95 Å². The number of carbonyl (C=O) groups is 1. The number of aromatic nitrogens is 3. The fourth-order valence-corrected chi connectivity index (χ4v) is 3.23. The number of benzene rings is 2. The van der Waals surface area contributed by atoms with Gasteiger partial charge in [-0.1, -0.05) is 30.3 Å². The summed E-state index contributed by atoms with van der Waals surface area (Å²) >= 11 is 0. The molecule has 1 aliphatic rings. The molecule has 6 heteroatoms. The molecule has 1 N–H and O–H groups in total. The number of para-hydroxylation sites is 1. The summed E-state index contributed by atoms with van der Waals surface area (Å²) in [5, 5.41) is 7.45. The molecule has 0 fully saturated rings. The lowest BCUT2D eigenvalue weighted by Gasteiger charge is -2.28. The first-order chi connectivity index (χ1) is 12.6. The summed E-state index contributed by atoms with van der Waals surface area (Å²) in [4.78, 5) is 16.5. The van der Waals surface area contributed by atoms with Gasteiger partial charge >= 0.3 is 0 Å². The molecule has 0 unspecified atom stereocenters. The Bertz CT molecular complexity index is 992. The second-order valence-electron chi connectivity index (χ2n) is 6.14. The highest BCUT2D eigenvalue weighted by atomic mass is 16.5. The van der Waals surface area contributed by atoms with E-state index in [9.17, 15) is 4.79 Å². The van der Waals surface area contributed by atoms with Gasteiger partial charge in [0.1, 0.15) is 23.9 Å². The van der Waals surface area contributed by atoms with Crippen molar-refractivity contribution in [2.24, 2.45) is 0 Å². The van der Waals surface area contributed by atoms with Crippen LogP contribution < -0.4 is 10.1 Å². The number of fused-ring (bicyclic) bond motifs is 1. The highest BCUT2D eigenvalue weighted by Crippen LogP contribution is 2.36. The lowest BCUT2D eigenvalue weighted by Crippen LogP contribution is -2.27. The van der Waals surface area contributed by atoms with E-state index < -0.39 is 0 Å². The Balaban J connectivity index is 1.77. The average molecular weight is 346 g/mol. The van der Waals surface area contributed by atoms with E-state index in [0.29, 0.717) is 17.3 Å². The van der Waals surface area contributed by atoms with E-state index in [1.165, 1.54) is 6.33 Å². The van der Waals surface area contributed by atoms with Gasteiger partial charge in [0.05, 0.1) is 0 Å². The van der Waals surface area contributed by atoms with Gasteiger partial charge in [-0.3, -0.25) is 4.79 Å². The van der Waals surface area contributed by atoms with Crippen LogP contribution >= 0.6 is 0 Å². The first-order valence-electron chi connectivity index (χ1n) is 8.34. The summed E-state index contributed by atoms with van der Waals surface area (Å²) in [5.74, 6) is 2.08. The van der Waals surface area contributed by atoms with Crippen molar-refractivity contribution in [3.05, 3.63) is 77.8 Å². The number of nitrogens with zero attached hydrogens (tertiary/aromatic N) is 3. The SMILES string of the molecule is CC(=O)C1=C(C)Nc2ncnn2[C@@H]1c1cccc(Oc2ccccc2)c1. The molecule has 0 bridgehead atoms. The normalized spacial score (nSPS) is 16.0. The summed E-state index contributed by atoms with van der Waals surface area (Å²) in [5.41, 5.74) is 2.37. The zero-order valence-electron chi connectivity index (χ0n) is 14.5. The van der Waals surface area contributed by atoms with Gasteiger partial charge < -0.3 is 10.1 Å². The molecular weight excluding hydrogens is 328 g/mol. The smallest absolute Gasteiger partial charge is 0.226 e. The Morgan fingerprint density at radius 2 is 1.88 bits per heavy atom. The number of nitrogens with one attached hydrogen (secondary N) is 1. The molecule has 1 aromatic heterocycles. The van der Waals surface area contributed by atoms with Crippen molar-refractivity contribution >= 4 is 11.7 Å². The van der Waals surface area contributed by atoms with Crippen molar-refractivity contribution in [2.75, 3.05) is 5.32 Å². The predicted octanol–water partition coefficient (Wildman–Crippen LogP) is 3.95. The first kappa shape index (κ1) is 16.1.